The van der Waals surface area contributed by atoms with Crippen molar-refractivity contribution in [1.82, 2.24) is 14.5 Å². The van der Waals surface area contributed by atoms with Gasteiger partial charge in [0.1, 0.15) is 11.8 Å². The van der Waals surface area contributed by atoms with E-state index < -0.39 is 24.2 Å². The Kier molecular flexibility index (Phi) is 2.95. The lowest BCUT2D eigenvalue weighted by molar-refractivity contribution is -0.189. The van der Waals surface area contributed by atoms with Gasteiger partial charge in [-0.1, -0.05) is 36.4 Å². The Morgan fingerprint density at radius 3 is 2.52 bits per heavy atom. The molecule has 3 aliphatic heterocycles. The van der Waals surface area contributed by atoms with Crippen LogP contribution in [0.25, 0.3) is 43.6 Å². The van der Waals surface area contributed by atoms with Gasteiger partial charge in [-0.25, -0.2) is 0 Å². The third kappa shape index (κ3) is 1.75. The molecule has 3 aliphatic rings. The summed E-state index contributed by atoms with van der Waals surface area (Å²) in [4.78, 5) is 13.2. The van der Waals surface area contributed by atoms with Crippen LogP contribution in [0.5, 0.6) is 0 Å². The van der Waals surface area contributed by atoms with Crippen molar-refractivity contribution < 1.29 is 19.7 Å². The zero-order valence-corrected chi connectivity index (χ0v) is 17.9. The minimum Gasteiger partial charge on any atom is -0.393 e. The summed E-state index contributed by atoms with van der Waals surface area (Å²) < 4.78 is 10.9. The van der Waals surface area contributed by atoms with Crippen molar-refractivity contribution >= 4 is 49.5 Å². The number of carbonyl (C=O) groups excluding carboxylic acids is 1. The van der Waals surface area contributed by atoms with Crippen LogP contribution in [0.4, 0.5) is 0 Å². The Morgan fingerprint density at radius 2 is 1.76 bits per heavy atom. The van der Waals surface area contributed by atoms with Gasteiger partial charge < -0.3 is 29.4 Å². The number of aliphatic hydroxyl groups is 2. The Morgan fingerprint density at radius 1 is 1.06 bits per heavy atom. The van der Waals surface area contributed by atoms with E-state index >= 15 is 0 Å². The molecule has 2 aromatic heterocycles. The molecule has 3 aromatic carbocycles. The van der Waals surface area contributed by atoms with Gasteiger partial charge >= 0.3 is 0 Å². The molecule has 8 rings (SSSR count). The third-order valence-corrected chi connectivity index (χ3v) is 8.23. The first-order valence-corrected chi connectivity index (χ1v) is 11.3. The minimum atomic E-state index is -1.48. The highest BCUT2D eigenvalue weighted by molar-refractivity contribution is 6.31. The minimum absolute atomic E-state index is 0.0555. The van der Waals surface area contributed by atoms with E-state index in [1.165, 1.54) is 0 Å². The number of nitrogens with zero attached hydrogens (tertiary/aromatic N) is 2. The highest BCUT2D eigenvalue weighted by atomic mass is 16.6. The Bertz CT molecular complexity index is 1730. The summed E-state index contributed by atoms with van der Waals surface area (Å²) in [6.45, 7) is 1.91. The number of rotatable bonds is 1. The Hall–Kier alpha value is -3.39. The number of nitrogens with one attached hydrogen (secondary N) is 1. The number of ether oxygens (including phenoxy) is 1. The van der Waals surface area contributed by atoms with Crippen molar-refractivity contribution in [3.63, 3.8) is 0 Å². The third-order valence-electron chi connectivity index (χ3n) is 8.23. The number of hydrogen-bond donors (Lipinski definition) is 3. The molecule has 1 saturated heterocycles. The van der Waals surface area contributed by atoms with Gasteiger partial charge in [-0.3, -0.25) is 4.79 Å². The molecule has 7 heteroatoms. The van der Waals surface area contributed by atoms with Crippen molar-refractivity contribution in [2.75, 3.05) is 6.61 Å². The molecule has 0 saturated carbocycles. The first-order valence-electron chi connectivity index (χ1n) is 11.3. The molecular weight excluding hydrogens is 418 g/mol. The summed E-state index contributed by atoms with van der Waals surface area (Å²) in [6.07, 6.45) is -0.247. The maximum absolute atomic E-state index is 13.2. The molecule has 2 bridgehead atoms. The van der Waals surface area contributed by atoms with E-state index in [-0.39, 0.29) is 12.3 Å². The first kappa shape index (κ1) is 18.1. The molecule has 0 aliphatic carbocycles. The van der Waals surface area contributed by atoms with Gasteiger partial charge in [0.2, 0.25) is 0 Å². The van der Waals surface area contributed by atoms with Crippen LogP contribution in [0.1, 0.15) is 35.5 Å². The van der Waals surface area contributed by atoms with Crippen molar-refractivity contribution in [1.29, 1.82) is 0 Å². The number of amides is 1. The summed E-state index contributed by atoms with van der Waals surface area (Å²) in [5, 5.41) is 29.1. The van der Waals surface area contributed by atoms with E-state index in [2.05, 4.69) is 20.5 Å². The lowest BCUT2D eigenvalue weighted by Crippen LogP contribution is -2.53. The molecule has 3 N–H and O–H groups in total. The predicted octanol–water partition coefficient (Wildman–Crippen LogP) is 3.47. The monoisotopic (exact) mass is 439 g/mol. The first-order chi connectivity index (χ1) is 16.0. The van der Waals surface area contributed by atoms with Crippen LogP contribution in [0.2, 0.25) is 0 Å². The number of fused-ring (bicyclic) bond motifs is 13. The lowest BCUT2D eigenvalue weighted by Gasteiger charge is -2.38. The van der Waals surface area contributed by atoms with E-state index in [0.29, 0.717) is 6.54 Å². The van der Waals surface area contributed by atoms with Crippen molar-refractivity contribution in [3.8, 4) is 0 Å². The summed E-state index contributed by atoms with van der Waals surface area (Å²) in [7, 11) is 0. The van der Waals surface area contributed by atoms with Crippen LogP contribution in [0.3, 0.4) is 0 Å². The van der Waals surface area contributed by atoms with E-state index in [9.17, 15) is 15.0 Å². The van der Waals surface area contributed by atoms with E-state index in [1.54, 1.807) is 0 Å². The summed E-state index contributed by atoms with van der Waals surface area (Å²) in [6, 6.07) is 16.1. The van der Waals surface area contributed by atoms with E-state index in [0.717, 1.165) is 54.7 Å². The van der Waals surface area contributed by atoms with Gasteiger partial charge in [0.05, 0.1) is 34.2 Å². The van der Waals surface area contributed by atoms with Gasteiger partial charge in [-0.2, -0.15) is 0 Å². The number of aliphatic hydroxyl groups excluding tert-OH is 1. The molecule has 7 nitrogen and oxygen atoms in total. The van der Waals surface area contributed by atoms with Gasteiger partial charge in [0, 0.05) is 34.5 Å². The fraction of sp³-hybridized carbons (Fsp3) is 0.269. The standard InChI is InChI=1S/C26H21N3O4/c1-25-26(32,12-30)10-18(33-25)28-16-8-4-2-6-13(16)20-21-15(11-27-24(21)31)19-14-7-3-5-9-17(14)29(25)23(19)22(20)28/h2-9,18,30,32H,10-12H2,1H3,(H,27,31)/t18-,25?,26+/m1/s1. The van der Waals surface area contributed by atoms with Gasteiger partial charge in [-0.15, -0.1) is 0 Å². The predicted molar refractivity (Wildman–Crippen MR) is 124 cm³/mol. The Labute approximate surface area is 187 Å². The maximum Gasteiger partial charge on any atom is 0.252 e. The smallest absolute Gasteiger partial charge is 0.252 e. The van der Waals surface area contributed by atoms with Crippen LogP contribution in [0, 0.1) is 0 Å². The van der Waals surface area contributed by atoms with Crippen LogP contribution in [0.15, 0.2) is 48.5 Å². The van der Waals surface area contributed by atoms with E-state index in [4.69, 9.17) is 4.74 Å². The summed E-state index contributed by atoms with van der Waals surface area (Å²) in [5.41, 5.74) is 2.80. The molecule has 3 atom stereocenters. The molecule has 1 fully saturated rings. The second-order valence-corrected chi connectivity index (χ2v) is 9.67. The molecular formula is C26H21N3O4. The summed E-state index contributed by atoms with van der Waals surface area (Å²) in [5.74, 6) is -0.0555. The van der Waals surface area contributed by atoms with Crippen molar-refractivity contribution in [2.24, 2.45) is 0 Å². The van der Waals surface area contributed by atoms with Gasteiger partial charge in [0.15, 0.2) is 5.72 Å². The average Bonchev–Trinajstić information content (AvgIpc) is 3.51. The fourth-order valence-electron chi connectivity index (χ4n) is 6.73. The number of para-hydroxylation sites is 2. The molecule has 0 radical (unpaired) electrons. The zero-order valence-electron chi connectivity index (χ0n) is 17.9. The number of aromatic nitrogens is 2. The fourth-order valence-corrected chi connectivity index (χ4v) is 6.73. The Balaban J connectivity index is 1.78. The highest BCUT2D eigenvalue weighted by Gasteiger charge is 2.60. The molecule has 164 valence electrons. The number of hydrogen-bond acceptors (Lipinski definition) is 4. The van der Waals surface area contributed by atoms with Gasteiger partial charge in [-0.05, 0) is 24.6 Å². The van der Waals surface area contributed by atoms with Crippen molar-refractivity contribution in [3.05, 3.63) is 59.7 Å². The normalized spacial score (nSPS) is 27.8. The van der Waals surface area contributed by atoms with Crippen LogP contribution >= 0.6 is 0 Å². The largest absolute Gasteiger partial charge is 0.393 e. The van der Waals surface area contributed by atoms with Crippen LogP contribution < -0.4 is 5.32 Å². The average molecular weight is 439 g/mol. The van der Waals surface area contributed by atoms with Crippen molar-refractivity contribution in [2.45, 2.75) is 37.4 Å². The molecule has 5 heterocycles. The van der Waals surface area contributed by atoms with Gasteiger partial charge in [0.25, 0.3) is 5.91 Å². The quantitative estimate of drug-likeness (QED) is 0.373. The second kappa shape index (κ2) is 5.39. The maximum atomic E-state index is 13.2. The number of benzene rings is 3. The lowest BCUT2D eigenvalue weighted by atomic mass is 9.89. The topological polar surface area (TPSA) is 88.7 Å². The summed E-state index contributed by atoms with van der Waals surface area (Å²) >= 11 is 0. The molecule has 1 unspecified atom stereocenters. The molecule has 1 amide bonds. The van der Waals surface area contributed by atoms with E-state index in [1.807, 2.05) is 49.4 Å². The van der Waals surface area contributed by atoms with Crippen LogP contribution in [-0.4, -0.2) is 37.5 Å². The highest BCUT2D eigenvalue weighted by Crippen LogP contribution is 2.57. The molecule has 33 heavy (non-hydrogen) atoms. The second-order valence-electron chi connectivity index (χ2n) is 9.67. The molecule has 0 spiro atoms. The SMILES string of the molecule is CC12O[C@H](C[C@]1(O)CO)n1c3ccccc3c3c4c(c5c6ccccc6n2c5c31)CNC4=O. The number of carbonyl (C=O) groups is 1. The zero-order chi connectivity index (χ0) is 22.3. The van der Waals surface area contributed by atoms with Crippen LogP contribution in [-0.2, 0) is 17.0 Å². The molecule has 5 aromatic rings.